The Kier molecular flexibility index (Phi) is 6.37. The number of carbonyl (C=O) groups is 3. The van der Waals surface area contributed by atoms with E-state index < -0.39 is 5.92 Å². The van der Waals surface area contributed by atoms with Gasteiger partial charge in [0.25, 0.3) is 0 Å². The monoisotopic (exact) mass is 380 g/mol. The van der Waals surface area contributed by atoms with Crippen LogP contribution in [0.25, 0.3) is 0 Å². The fourth-order valence-corrected chi connectivity index (χ4v) is 3.09. The number of pyridine rings is 1. The fourth-order valence-electron chi connectivity index (χ4n) is 3.09. The lowest BCUT2D eigenvalue weighted by atomic mass is 10.1. The van der Waals surface area contributed by atoms with Crippen molar-refractivity contribution in [2.24, 2.45) is 5.92 Å². The second-order valence-corrected chi connectivity index (χ2v) is 6.91. The van der Waals surface area contributed by atoms with Crippen molar-refractivity contribution in [2.75, 3.05) is 18.0 Å². The number of amides is 3. The largest absolute Gasteiger partial charge is 0.355 e. The molecule has 1 aromatic heterocycles. The van der Waals surface area contributed by atoms with Crippen LogP contribution < -0.4 is 15.5 Å². The second kappa shape index (κ2) is 9.12. The minimum absolute atomic E-state index is 0.0564. The van der Waals surface area contributed by atoms with E-state index in [1.807, 2.05) is 43.3 Å². The van der Waals surface area contributed by atoms with Crippen LogP contribution in [0.2, 0.25) is 0 Å². The lowest BCUT2D eigenvalue weighted by Crippen LogP contribution is -2.35. The molecule has 7 nitrogen and oxygen atoms in total. The number of nitrogens with one attached hydrogen (secondary N) is 2. The van der Waals surface area contributed by atoms with Gasteiger partial charge in [-0.25, -0.2) is 0 Å². The topological polar surface area (TPSA) is 91.4 Å². The zero-order chi connectivity index (χ0) is 19.9. The molecule has 1 aromatic carbocycles. The van der Waals surface area contributed by atoms with Crippen LogP contribution in [0, 0.1) is 12.8 Å². The average molecular weight is 380 g/mol. The molecule has 3 rings (SSSR count). The van der Waals surface area contributed by atoms with Crippen molar-refractivity contribution in [2.45, 2.75) is 26.3 Å². The normalized spacial score (nSPS) is 16.1. The number of carbonyl (C=O) groups excluding carboxylic acids is 3. The van der Waals surface area contributed by atoms with Crippen LogP contribution in [0.3, 0.4) is 0 Å². The maximum Gasteiger partial charge on any atom is 0.227 e. The van der Waals surface area contributed by atoms with Gasteiger partial charge in [-0.2, -0.15) is 0 Å². The number of benzene rings is 1. The van der Waals surface area contributed by atoms with E-state index in [1.54, 1.807) is 17.3 Å². The summed E-state index contributed by atoms with van der Waals surface area (Å²) < 4.78 is 0. The minimum atomic E-state index is -0.395. The Hall–Kier alpha value is -3.22. The first-order valence-corrected chi connectivity index (χ1v) is 9.33. The first-order chi connectivity index (χ1) is 13.5. The number of rotatable bonds is 7. The number of aromatic nitrogens is 1. The van der Waals surface area contributed by atoms with E-state index >= 15 is 0 Å². The summed E-state index contributed by atoms with van der Waals surface area (Å²) in [4.78, 5) is 42.1. The maximum atomic E-state index is 12.4. The Morgan fingerprint density at radius 3 is 2.54 bits per heavy atom. The van der Waals surface area contributed by atoms with E-state index in [2.05, 4.69) is 15.6 Å². The smallest absolute Gasteiger partial charge is 0.227 e. The van der Waals surface area contributed by atoms with Gasteiger partial charge in [-0.15, -0.1) is 0 Å². The number of hydrogen-bond acceptors (Lipinski definition) is 4. The first kappa shape index (κ1) is 19.5. The predicted molar refractivity (Wildman–Crippen MR) is 105 cm³/mol. The van der Waals surface area contributed by atoms with E-state index in [9.17, 15) is 14.4 Å². The Labute approximate surface area is 164 Å². The van der Waals surface area contributed by atoms with E-state index in [1.165, 1.54) is 0 Å². The van der Waals surface area contributed by atoms with Gasteiger partial charge in [-0.1, -0.05) is 17.7 Å². The predicted octanol–water partition coefficient (Wildman–Crippen LogP) is 1.57. The summed E-state index contributed by atoms with van der Waals surface area (Å²) in [6.07, 6.45) is 3.72. The quantitative estimate of drug-likeness (QED) is 0.763. The molecule has 2 heterocycles. The highest BCUT2D eigenvalue weighted by Crippen LogP contribution is 2.25. The highest BCUT2D eigenvalue weighted by atomic mass is 16.2. The molecular weight excluding hydrogens is 356 g/mol. The zero-order valence-corrected chi connectivity index (χ0v) is 15.9. The van der Waals surface area contributed by atoms with Gasteiger partial charge in [0.1, 0.15) is 0 Å². The summed E-state index contributed by atoms with van der Waals surface area (Å²) in [7, 11) is 0. The van der Waals surface area contributed by atoms with Crippen molar-refractivity contribution >= 4 is 23.4 Å². The Balaban J connectivity index is 1.41. The van der Waals surface area contributed by atoms with E-state index in [0.717, 1.165) is 16.8 Å². The van der Waals surface area contributed by atoms with Crippen LogP contribution in [0.15, 0.2) is 48.8 Å². The summed E-state index contributed by atoms with van der Waals surface area (Å²) in [5.41, 5.74) is 2.89. The zero-order valence-electron chi connectivity index (χ0n) is 15.9. The molecule has 1 saturated heterocycles. The molecule has 2 aromatic rings. The number of hydrogen-bond donors (Lipinski definition) is 2. The van der Waals surface area contributed by atoms with E-state index in [-0.39, 0.29) is 37.1 Å². The molecule has 146 valence electrons. The summed E-state index contributed by atoms with van der Waals surface area (Å²) in [5, 5.41) is 5.57. The van der Waals surface area contributed by atoms with Crippen LogP contribution in [0.5, 0.6) is 0 Å². The molecular formula is C21H24N4O3. The lowest BCUT2D eigenvalue weighted by molar-refractivity contribution is -0.126. The summed E-state index contributed by atoms with van der Waals surface area (Å²) in [5.74, 6) is -0.779. The lowest BCUT2D eigenvalue weighted by Gasteiger charge is -2.17. The maximum absolute atomic E-state index is 12.4. The summed E-state index contributed by atoms with van der Waals surface area (Å²) in [6.45, 7) is 3.02. The van der Waals surface area contributed by atoms with E-state index in [4.69, 9.17) is 0 Å². The number of anilines is 1. The van der Waals surface area contributed by atoms with Crippen LogP contribution in [0.1, 0.15) is 24.0 Å². The number of nitrogens with zero attached hydrogens (tertiary/aromatic N) is 2. The third kappa shape index (κ3) is 5.16. The van der Waals surface area contributed by atoms with Crippen molar-refractivity contribution in [3.63, 3.8) is 0 Å². The molecule has 7 heteroatoms. The van der Waals surface area contributed by atoms with Crippen molar-refractivity contribution < 1.29 is 14.4 Å². The highest BCUT2D eigenvalue weighted by molar-refractivity contribution is 6.00. The van der Waals surface area contributed by atoms with Gasteiger partial charge in [-0.3, -0.25) is 19.4 Å². The molecule has 1 atom stereocenters. The summed E-state index contributed by atoms with van der Waals surface area (Å²) >= 11 is 0. The molecule has 0 aliphatic carbocycles. The second-order valence-electron chi connectivity index (χ2n) is 6.91. The first-order valence-electron chi connectivity index (χ1n) is 9.33. The van der Waals surface area contributed by atoms with Crippen LogP contribution in [-0.2, 0) is 20.9 Å². The van der Waals surface area contributed by atoms with Gasteiger partial charge >= 0.3 is 0 Å². The van der Waals surface area contributed by atoms with Crippen molar-refractivity contribution in [1.82, 2.24) is 15.6 Å². The van der Waals surface area contributed by atoms with Gasteiger partial charge in [-0.05, 0) is 36.8 Å². The SMILES string of the molecule is Cc1ccc(N2CC(C(=O)NCCC(=O)NCc3ccncc3)CC2=O)cc1. The molecule has 0 bridgehead atoms. The molecule has 1 aliphatic heterocycles. The standard InChI is InChI=1S/C21H24N4O3/c1-15-2-4-18(5-3-15)25-14-17(12-20(25)27)21(28)23-11-8-19(26)24-13-16-6-9-22-10-7-16/h2-7,9-10,17H,8,11-14H2,1H3,(H,23,28)(H,24,26). The van der Waals surface area contributed by atoms with Crippen LogP contribution >= 0.6 is 0 Å². The molecule has 1 fully saturated rings. The molecule has 3 amide bonds. The Morgan fingerprint density at radius 2 is 1.82 bits per heavy atom. The molecule has 2 N–H and O–H groups in total. The minimum Gasteiger partial charge on any atom is -0.355 e. The van der Waals surface area contributed by atoms with Crippen LogP contribution in [-0.4, -0.2) is 35.8 Å². The van der Waals surface area contributed by atoms with Crippen molar-refractivity contribution in [1.29, 1.82) is 0 Å². The molecule has 0 radical (unpaired) electrons. The average Bonchev–Trinajstić information content (AvgIpc) is 3.09. The molecule has 0 saturated carbocycles. The molecule has 0 spiro atoms. The van der Waals surface area contributed by atoms with Gasteiger partial charge in [0.05, 0.1) is 5.92 Å². The highest BCUT2D eigenvalue weighted by Gasteiger charge is 2.34. The van der Waals surface area contributed by atoms with Gasteiger partial charge in [0.15, 0.2) is 0 Å². The Morgan fingerprint density at radius 1 is 1.11 bits per heavy atom. The fraction of sp³-hybridized carbons (Fsp3) is 0.333. The molecule has 1 aliphatic rings. The Bertz CT molecular complexity index is 836. The molecule has 1 unspecified atom stereocenters. The third-order valence-electron chi connectivity index (χ3n) is 4.73. The van der Waals surface area contributed by atoms with Crippen molar-refractivity contribution in [3.8, 4) is 0 Å². The molecule has 28 heavy (non-hydrogen) atoms. The van der Waals surface area contributed by atoms with Crippen molar-refractivity contribution in [3.05, 3.63) is 59.9 Å². The van der Waals surface area contributed by atoms with Crippen LogP contribution in [0.4, 0.5) is 5.69 Å². The third-order valence-corrected chi connectivity index (χ3v) is 4.73. The van der Waals surface area contributed by atoms with E-state index in [0.29, 0.717) is 13.1 Å². The number of aryl methyl sites for hydroxylation is 1. The summed E-state index contributed by atoms with van der Waals surface area (Å²) in [6, 6.07) is 11.3. The van der Waals surface area contributed by atoms with Gasteiger partial charge < -0.3 is 15.5 Å². The van der Waals surface area contributed by atoms with Gasteiger partial charge in [0, 0.05) is 50.6 Å². The van der Waals surface area contributed by atoms with Gasteiger partial charge in [0.2, 0.25) is 17.7 Å².